The highest BCUT2D eigenvalue weighted by molar-refractivity contribution is 14.1. The number of alkyl halides is 1. The van der Waals surface area contributed by atoms with Crippen LogP contribution >= 0.6 is 22.6 Å². The van der Waals surface area contributed by atoms with Crippen molar-refractivity contribution in [1.82, 2.24) is 15.2 Å². The van der Waals surface area contributed by atoms with Crippen molar-refractivity contribution in [3.63, 3.8) is 0 Å². The largest absolute Gasteiger partial charge is 0.451 e. The van der Waals surface area contributed by atoms with Crippen LogP contribution in [0, 0.1) is 0 Å². The molecule has 1 N–H and O–H groups in total. The third kappa shape index (κ3) is 7.45. The first-order valence-electron chi connectivity index (χ1n) is 8.51. The number of nitrogens with one attached hydrogen (secondary N) is 1. The Morgan fingerprint density at radius 3 is 3.04 bits per heavy atom. The molecule has 0 aromatic carbocycles. The number of halogens is 1. The van der Waals surface area contributed by atoms with Crippen molar-refractivity contribution < 1.29 is 18.7 Å². The van der Waals surface area contributed by atoms with Gasteiger partial charge < -0.3 is 19.4 Å². The Morgan fingerprint density at radius 1 is 1.40 bits per heavy atom. The first-order valence-corrected chi connectivity index (χ1v) is 10.0. The second-order valence-corrected chi connectivity index (χ2v) is 6.63. The standard InChI is InChI=1S/C17H24IN3O4/c18-10-16(22)21(11-14-12-24-13-20-14)9-8-19-17(23)25-15-6-4-2-1-3-5-7-15/h4,6,12-13,15H,1-3,5,7-11H2,(H,19,23)/b6-4-. The lowest BCUT2D eigenvalue weighted by molar-refractivity contribution is -0.128. The van der Waals surface area contributed by atoms with E-state index in [1.807, 2.05) is 28.7 Å². The van der Waals surface area contributed by atoms with E-state index < -0.39 is 6.09 Å². The highest BCUT2D eigenvalue weighted by Gasteiger charge is 2.16. The van der Waals surface area contributed by atoms with Gasteiger partial charge in [-0.15, -0.1) is 0 Å². The van der Waals surface area contributed by atoms with E-state index in [1.54, 1.807) is 4.90 Å². The van der Waals surface area contributed by atoms with Crippen LogP contribution in [0.15, 0.2) is 29.2 Å². The molecule has 0 spiro atoms. The maximum atomic E-state index is 12.0. The zero-order valence-corrected chi connectivity index (χ0v) is 16.3. The number of aromatic nitrogens is 1. The number of carbonyl (C=O) groups is 2. The lowest BCUT2D eigenvalue weighted by Crippen LogP contribution is -2.39. The summed E-state index contributed by atoms with van der Waals surface area (Å²) in [5, 5.41) is 2.72. The highest BCUT2D eigenvalue weighted by atomic mass is 127. The van der Waals surface area contributed by atoms with Gasteiger partial charge in [0, 0.05) is 13.1 Å². The van der Waals surface area contributed by atoms with Gasteiger partial charge in [0.05, 0.1) is 16.7 Å². The summed E-state index contributed by atoms with van der Waals surface area (Å²) < 4.78 is 10.7. The number of amides is 2. The molecule has 138 valence electrons. The third-order valence-electron chi connectivity index (χ3n) is 3.92. The van der Waals surface area contributed by atoms with Crippen LogP contribution < -0.4 is 5.32 Å². The van der Waals surface area contributed by atoms with Gasteiger partial charge in [0.1, 0.15) is 12.4 Å². The van der Waals surface area contributed by atoms with Crippen molar-refractivity contribution in [2.45, 2.75) is 44.8 Å². The normalized spacial score (nSPS) is 18.7. The van der Waals surface area contributed by atoms with E-state index in [1.165, 1.54) is 25.5 Å². The van der Waals surface area contributed by atoms with Gasteiger partial charge in [-0.1, -0.05) is 35.1 Å². The van der Waals surface area contributed by atoms with Gasteiger partial charge in [-0.05, 0) is 31.8 Å². The molecule has 0 saturated heterocycles. The van der Waals surface area contributed by atoms with Crippen LogP contribution in [-0.4, -0.2) is 45.5 Å². The molecule has 1 heterocycles. The molecule has 0 radical (unpaired) electrons. The minimum Gasteiger partial charge on any atom is -0.451 e. The highest BCUT2D eigenvalue weighted by Crippen LogP contribution is 2.14. The quantitative estimate of drug-likeness (QED) is 0.384. The molecule has 1 aromatic rings. The number of allylic oxidation sites excluding steroid dienone is 1. The van der Waals surface area contributed by atoms with E-state index in [4.69, 9.17) is 9.15 Å². The van der Waals surface area contributed by atoms with Gasteiger partial charge >= 0.3 is 6.09 Å². The zero-order chi connectivity index (χ0) is 17.9. The first kappa shape index (κ1) is 19.7. The number of ether oxygens (including phenoxy) is 1. The first-order chi connectivity index (χ1) is 12.2. The lowest BCUT2D eigenvalue weighted by Gasteiger charge is -2.21. The summed E-state index contributed by atoms with van der Waals surface area (Å²) >= 11 is 2.02. The molecule has 1 unspecified atom stereocenters. The van der Waals surface area contributed by atoms with E-state index in [-0.39, 0.29) is 12.0 Å². The Morgan fingerprint density at radius 2 is 2.28 bits per heavy atom. The Bertz CT molecular complexity index is 562. The molecule has 0 aliphatic heterocycles. The third-order valence-corrected chi connectivity index (χ3v) is 4.58. The van der Waals surface area contributed by atoms with Gasteiger partial charge in [-0.3, -0.25) is 4.79 Å². The molecule has 8 heteroatoms. The molecule has 0 bridgehead atoms. The molecule has 1 aliphatic rings. The zero-order valence-electron chi connectivity index (χ0n) is 14.2. The Balaban J connectivity index is 1.75. The summed E-state index contributed by atoms with van der Waals surface area (Å²) in [6.07, 6.45) is 11.6. The van der Waals surface area contributed by atoms with Gasteiger partial charge in [-0.25, -0.2) is 9.78 Å². The fourth-order valence-electron chi connectivity index (χ4n) is 2.59. The molecule has 1 atom stereocenters. The number of rotatable bonds is 7. The summed E-state index contributed by atoms with van der Waals surface area (Å²) in [4.78, 5) is 29.6. The van der Waals surface area contributed by atoms with Crippen molar-refractivity contribution in [1.29, 1.82) is 0 Å². The number of hydrogen-bond acceptors (Lipinski definition) is 5. The summed E-state index contributed by atoms with van der Waals surface area (Å²) in [6.45, 7) is 1.08. The fourth-order valence-corrected chi connectivity index (χ4v) is 3.07. The molecule has 0 saturated carbocycles. The van der Waals surface area contributed by atoms with Crippen LogP contribution in [0.5, 0.6) is 0 Å². The average Bonchev–Trinajstić information content (AvgIpc) is 3.08. The topological polar surface area (TPSA) is 84.7 Å². The summed E-state index contributed by atoms with van der Waals surface area (Å²) in [5.74, 6) is -0.0123. The summed E-state index contributed by atoms with van der Waals surface area (Å²) in [7, 11) is 0. The number of alkyl carbamates (subject to hydrolysis) is 1. The Labute approximate surface area is 161 Å². The van der Waals surface area contributed by atoms with Crippen LogP contribution in [0.3, 0.4) is 0 Å². The van der Waals surface area contributed by atoms with E-state index in [9.17, 15) is 9.59 Å². The molecular formula is C17H24IN3O4. The number of oxazole rings is 1. The molecular weight excluding hydrogens is 437 g/mol. The van der Waals surface area contributed by atoms with E-state index >= 15 is 0 Å². The molecule has 0 fully saturated rings. The van der Waals surface area contributed by atoms with Gasteiger partial charge in [-0.2, -0.15) is 0 Å². The van der Waals surface area contributed by atoms with E-state index in [0.717, 1.165) is 19.3 Å². The van der Waals surface area contributed by atoms with Gasteiger partial charge in [0.25, 0.3) is 0 Å². The molecule has 1 aromatic heterocycles. The number of hydrogen-bond donors (Lipinski definition) is 1. The SMILES string of the molecule is O=C(NCCN(Cc1cocn1)C(=O)CI)OC1/C=C\CCCCC1. The summed E-state index contributed by atoms with van der Waals surface area (Å²) in [6, 6.07) is 0. The van der Waals surface area contributed by atoms with Crippen molar-refractivity contribution in [2.75, 3.05) is 17.5 Å². The molecule has 7 nitrogen and oxygen atoms in total. The lowest BCUT2D eigenvalue weighted by atomic mass is 10.0. The van der Waals surface area contributed by atoms with E-state index in [2.05, 4.69) is 16.4 Å². The smallest absolute Gasteiger partial charge is 0.407 e. The predicted octanol–water partition coefficient (Wildman–Crippen LogP) is 3.05. The predicted molar refractivity (Wildman–Crippen MR) is 101 cm³/mol. The second kappa shape index (κ2) is 11.1. The van der Waals surface area contributed by atoms with Crippen molar-refractivity contribution in [3.05, 3.63) is 30.5 Å². The minimum absolute atomic E-state index is 0.0123. The number of carbonyl (C=O) groups excluding carboxylic acids is 2. The Hall–Kier alpha value is -1.58. The van der Waals surface area contributed by atoms with Crippen LogP contribution in [0.2, 0.25) is 0 Å². The average molecular weight is 461 g/mol. The van der Waals surface area contributed by atoms with Crippen molar-refractivity contribution >= 4 is 34.6 Å². The second-order valence-electron chi connectivity index (χ2n) is 5.87. The molecule has 2 rings (SSSR count). The number of nitrogens with zero attached hydrogens (tertiary/aromatic N) is 2. The maximum Gasteiger partial charge on any atom is 0.407 e. The van der Waals surface area contributed by atoms with Crippen LogP contribution in [0.1, 0.15) is 37.8 Å². The molecule has 2 amide bonds. The molecule has 1 aliphatic carbocycles. The van der Waals surface area contributed by atoms with Crippen LogP contribution in [-0.2, 0) is 16.1 Å². The van der Waals surface area contributed by atoms with E-state index in [0.29, 0.717) is 29.8 Å². The van der Waals surface area contributed by atoms with Crippen molar-refractivity contribution in [3.8, 4) is 0 Å². The van der Waals surface area contributed by atoms with Gasteiger partial charge in [0.2, 0.25) is 5.91 Å². The monoisotopic (exact) mass is 461 g/mol. The summed E-state index contributed by atoms with van der Waals surface area (Å²) in [5.41, 5.74) is 0.681. The maximum absolute atomic E-state index is 12.0. The van der Waals surface area contributed by atoms with Crippen LogP contribution in [0.25, 0.3) is 0 Å². The minimum atomic E-state index is -0.446. The molecule has 25 heavy (non-hydrogen) atoms. The fraction of sp³-hybridized carbons (Fsp3) is 0.588. The Kier molecular flexibility index (Phi) is 8.78. The van der Waals surface area contributed by atoms with Crippen molar-refractivity contribution in [2.24, 2.45) is 0 Å². The van der Waals surface area contributed by atoms with Gasteiger partial charge in [0.15, 0.2) is 6.39 Å². The van der Waals surface area contributed by atoms with Crippen LogP contribution in [0.4, 0.5) is 4.79 Å².